The second-order valence-corrected chi connectivity index (χ2v) is 7.32. The molecule has 0 radical (unpaired) electrons. The molecule has 0 heterocycles. The van der Waals surface area contributed by atoms with Crippen molar-refractivity contribution in [3.05, 3.63) is 51.2 Å². The monoisotopic (exact) mass is 392 g/mol. The first-order valence-corrected chi connectivity index (χ1v) is 8.39. The molecule has 8 heteroatoms. The minimum absolute atomic E-state index is 0.0229. The van der Waals surface area contributed by atoms with Crippen LogP contribution in [-0.4, -0.2) is 8.42 Å². The van der Waals surface area contributed by atoms with E-state index in [0.717, 1.165) is 12.1 Å². The number of nitrogens with one attached hydrogen (secondary N) is 1. The third-order valence-corrected chi connectivity index (χ3v) is 5.09. The van der Waals surface area contributed by atoms with Gasteiger partial charge in [-0.2, -0.15) is 0 Å². The van der Waals surface area contributed by atoms with Crippen molar-refractivity contribution in [3.8, 4) is 0 Å². The standard InChI is InChI=1S/C13H11BrClFN2O2S/c1-7-11(17)4-8(14)5-13(7)21(19,20)18-12-3-2-9(16)6-10(12)15/h2-6,18H,17H2,1H3. The molecule has 0 aliphatic carbocycles. The molecule has 0 spiro atoms. The zero-order chi connectivity index (χ0) is 15.8. The van der Waals surface area contributed by atoms with E-state index < -0.39 is 15.8 Å². The lowest BCUT2D eigenvalue weighted by molar-refractivity contribution is 0.600. The molecule has 0 amide bonds. The van der Waals surface area contributed by atoms with Crippen molar-refractivity contribution >= 4 is 48.9 Å². The molecule has 2 aromatic rings. The molecular formula is C13H11BrClFN2O2S. The Morgan fingerprint density at radius 1 is 1.29 bits per heavy atom. The summed E-state index contributed by atoms with van der Waals surface area (Å²) in [6.45, 7) is 1.60. The van der Waals surface area contributed by atoms with Gasteiger partial charge in [0.25, 0.3) is 10.0 Å². The van der Waals surface area contributed by atoms with Crippen molar-refractivity contribution in [2.24, 2.45) is 0 Å². The first-order chi connectivity index (χ1) is 9.70. The Labute approximate surface area is 135 Å². The predicted octanol–water partition coefficient (Wildman–Crippen LogP) is 3.93. The Kier molecular flexibility index (Phi) is 4.46. The Bertz CT molecular complexity index is 812. The summed E-state index contributed by atoms with van der Waals surface area (Å²) in [5.41, 5.74) is 6.62. The zero-order valence-electron chi connectivity index (χ0n) is 10.8. The molecule has 3 N–H and O–H groups in total. The second kappa shape index (κ2) is 5.82. The van der Waals surface area contributed by atoms with Gasteiger partial charge in [0, 0.05) is 10.2 Å². The van der Waals surface area contributed by atoms with Gasteiger partial charge in [-0.25, -0.2) is 12.8 Å². The van der Waals surface area contributed by atoms with E-state index >= 15 is 0 Å². The number of hydrogen-bond acceptors (Lipinski definition) is 3. The summed E-state index contributed by atoms with van der Waals surface area (Å²) in [4.78, 5) is 0.0229. The second-order valence-electron chi connectivity index (χ2n) is 4.35. The lowest BCUT2D eigenvalue weighted by Crippen LogP contribution is -2.15. The third kappa shape index (κ3) is 3.48. The van der Waals surface area contributed by atoms with Crippen LogP contribution < -0.4 is 10.5 Å². The molecule has 2 rings (SSSR count). The average molecular weight is 394 g/mol. The van der Waals surface area contributed by atoms with E-state index in [1.54, 1.807) is 13.0 Å². The molecule has 0 bridgehead atoms. The van der Waals surface area contributed by atoms with Crippen LogP contribution in [0.5, 0.6) is 0 Å². The van der Waals surface area contributed by atoms with E-state index in [9.17, 15) is 12.8 Å². The van der Waals surface area contributed by atoms with Crippen LogP contribution in [-0.2, 0) is 10.0 Å². The van der Waals surface area contributed by atoms with Crippen molar-refractivity contribution in [1.29, 1.82) is 0 Å². The van der Waals surface area contributed by atoms with E-state index in [0.29, 0.717) is 15.7 Å². The van der Waals surface area contributed by atoms with Crippen molar-refractivity contribution in [1.82, 2.24) is 0 Å². The zero-order valence-corrected chi connectivity index (χ0v) is 14.0. The number of sulfonamides is 1. The lowest BCUT2D eigenvalue weighted by atomic mass is 10.2. The Morgan fingerprint density at radius 2 is 1.95 bits per heavy atom. The maximum atomic E-state index is 13.0. The van der Waals surface area contributed by atoms with Crippen molar-refractivity contribution in [2.45, 2.75) is 11.8 Å². The molecule has 0 unspecified atom stereocenters. The Hall–Kier alpha value is -1.31. The van der Waals surface area contributed by atoms with Crippen LogP contribution in [0.15, 0.2) is 39.7 Å². The molecular weight excluding hydrogens is 383 g/mol. The Morgan fingerprint density at radius 3 is 2.57 bits per heavy atom. The maximum absolute atomic E-state index is 13.0. The summed E-state index contributed by atoms with van der Waals surface area (Å²) >= 11 is 9.03. The largest absolute Gasteiger partial charge is 0.398 e. The van der Waals surface area contributed by atoms with Crippen LogP contribution in [0.3, 0.4) is 0 Å². The quantitative estimate of drug-likeness (QED) is 0.776. The van der Waals surface area contributed by atoms with Gasteiger partial charge < -0.3 is 5.73 Å². The van der Waals surface area contributed by atoms with Gasteiger partial charge in [0.2, 0.25) is 0 Å². The van der Waals surface area contributed by atoms with E-state index in [-0.39, 0.29) is 15.6 Å². The normalized spacial score (nSPS) is 11.4. The average Bonchev–Trinajstić information content (AvgIpc) is 2.37. The number of nitrogens with two attached hydrogens (primary N) is 1. The molecule has 21 heavy (non-hydrogen) atoms. The fourth-order valence-electron chi connectivity index (χ4n) is 1.73. The highest BCUT2D eigenvalue weighted by atomic mass is 79.9. The van der Waals surface area contributed by atoms with Crippen molar-refractivity contribution < 1.29 is 12.8 Å². The summed E-state index contributed by atoms with van der Waals surface area (Å²) < 4.78 is 40.7. The van der Waals surface area contributed by atoms with E-state index in [2.05, 4.69) is 20.7 Å². The molecule has 0 atom stereocenters. The minimum Gasteiger partial charge on any atom is -0.398 e. The van der Waals surface area contributed by atoms with Crippen LogP contribution in [0.4, 0.5) is 15.8 Å². The van der Waals surface area contributed by atoms with Crippen LogP contribution in [0.2, 0.25) is 5.02 Å². The molecule has 4 nitrogen and oxygen atoms in total. The molecule has 0 saturated heterocycles. The van der Waals surface area contributed by atoms with Gasteiger partial charge in [-0.15, -0.1) is 0 Å². The highest BCUT2D eigenvalue weighted by molar-refractivity contribution is 9.10. The SMILES string of the molecule is Cc1c(N)cc(Br)cc1S(=O)(=O)Nc1ccc(F)cc1Cl. The highest BCUT2D eigenvalue weighted by Gasteiger charge is 2.20. The Balaban J connectivity index is 2.48. The van der Waals surface area contributed by atoms with Crippen LogP contribution in [0.25, 0.3) is 0 Å². The molecule has 2 aromatic carbocycles. The van der Waals surface area contributed by atoms with Crippen LogP contribution in [0.1, 0.15) is 5.56 Å². The molecule has 0 saturated carbocycles. The molecule has 0 aliphatic rings. The fourth-order valence-corrected chi connectivity index (χ4v) is 4.00. The van der Waals surface area contributed by atoms with Crippen LogP contribution in [0, 0.1) is 12.7 Å². The van der Waals surface area contributed by atoms with Gasteiger partial charge in [-0.05, 0) is 42.8 Å². The fraction of sp³-hybridized carbons (Fsp3) is 0.0769. The number of anilines is 2. The maximum Gasteiger partial charge on any atom is 0.262 e. The predicted molar refractivity (Wildman–Crippen MR) is 85.5 cm³/mol. The van der Waals surface area contributed by atoms with Gasteiger partial charge in [-0.3, -0.25) is 4.72 Å². The smallest absolute Gasteiger partial charge is 0.262 e. The van der Waals surface area contributed by atoms with E-state index in [1.807, 2.05) is 0 Å². The summed E-state index contributed by atoms with van der Waals surface area (Å²) in [5.74, 6) is -0.550. The number of rotatable bonds is 3. The minimum atomic E-state index is -3.89. The summed E-state index contributed by atoms with van der Waals surface area (Å²) in [7, 11) is -3.89. The summed E-state index contributed by atoms with van der Waals surface area (Å²) in [6, 6.07) is 6.45. The highest BCUT2D eigenvalue weighted by Crippen LogP contribution is 2.30. The first-order valence-electron chi connectivity index (χ1n) is 5.74. The summed E-state index contributed by atoms with van der Waals surface area (Å²) in [6.07, 6.45) is 0. The van der Waals surface area contributed by atoms with E-state index in [1.165, 1.54) is 12.1 Å². The number of nitrogen functional groups attached to an aromatic ring is 1. The summed E-state index contributed by atoms with van der Waals surface area (Å²) in [5, 5.41) is -0.0285. The van der Waals surface area contributed by atoms with Gasteiger partial charge in [0.15, 0.2) is 0 Å². The first kappa shape index (κ1) is 16.1. The van der Waals surface area contributed by atoms with Crippen molar-refractivity contribution in [3.63, 3.8) is 0 Å². The van der Waals surface area contributed by atoms with Gasteiger partial charge >= 0.3 is 0 Å². The third-order valence-electron chi connectivity index (χ3n) is 2.83. The molecule has 0 aromatic heterocycles. The van der Waals surface area contributed by atoms with E-state index in [4.69, 9.17) is 17.3 Å². The van der Waals surface area contributed by atoms with Gasteiger partial charge in [-0.1, -0.05) is 27.5 Å². The topological polar surface area (TPSA) is 72.2 Å². The molecule has 0 fully saturated rings. The molecule has 112 valence electrons. The van der Waals surface area contributed by atoms with Crippen LogP contribution >= 0.6 is 27.5 Å². The van der Waals surface area contributed by atoms with Gasteiger partial charge in [0.05, 0.1) is 15.6 Å². The number of benzene rings is 2. The molecule has 0 aliphatic heterocycles. The van der Waals surface area contributed by atoms with Crippen molar-refractivity contribution in [2.75, 3.05) is 10.5 Å². The number of hydrogen-bond donors (Lipinski definition) is 2. The van der Waals surface area contributed by atoms with Gasteiger partial charge in [0.1, 0.15) is 5.82 Å². The number of halogens is 3. The lowest BCUT2D eigenvalue weighted by Gasteiger charge is -2.13.